The predicted molar refractivity (Wildman–Crippen MR) is 141 cm³/mol. The summed E-state index contributed by atoms with van der Waals surface area (Å²) in [6, 6.07) is 22.4. The average Bonchev–Trinajstić information content (AvgIpc) is 3.60. The number of nitrogens with zero attached hydrogens (tertiary/aromatic N) is 1. The molecule has 3 aromatic heterocycles. The van der Waals surface area contributed by atoms with E-state index in [-0.39, 0.29) is 11.7 Å². The average molecular weight is 474 g/mol. The zero-order valence-electron chi connectivity index (χ0n) is 19.8. The molecule has 7 nitrogen and oxygen atoms in total. The van der Waals surface area contributed by atoms with Crippen molar-refractivity contribution in [3.8, 4) is 11.4 Å². The number of hydrogen-bond donors (Lipinski definition) is 4. The lowest BCUT2D eigenvalue weighted by Crippen LogP contribution is -2.13. The predicted octanol–water partition coefficient (Wildman–Crippen LogP) is 6.14. The van der Waals surface area contributed by atoms with Crippen molar-refractivity contribution in [2.75, 3.05) is 5.32 Å². The summed E-state index contributed by atoms with van der Waals surface area (Å²) in [5, 5.41) is 4.01. The van der Waals surface area contributed by atoms with Crippen LogP contribution in [0.15, 0.2) is 79.0 Å². The molecule has 0 saturated carbocycles. The Bertz CT molecular complexity index is 1770. The summed E-state index contributed by atoms with van der Waals surface area (Å²) in [5.74, 6) is 0.386. The number of anilines is 1. The lowest BCUT2D eigenvalue weighted by atomic mass is 10.0. The first-order chi connectivity index (χ1) is 17.5. The molecule has 0 aliphatic carbocycles. The fraction of sp³-hybridized carbons (Fsp3) is 0.0690. The number of hydrogen-bond acceptors (Lipinski definition) is 3. The van der Waals surface area contributed by atoms with Crippen LogP contribution in [-0.2, 0) is 0 Å². The van der Waals surface area contributed by atoms with Crippen LogP contribution < -0.4 is 5.32 Å². The molecule has 176 valence electrons. The van der Waals surface area contributed by atoms with E-state index in [2.05, 4.69) is 20.3 Å². The largest absolute Gasteiger partial charge is 0.361 e. The van der Waals surface area contributed by atoms with Gasteiger partial charge in [-0.2, -0.15) is 0 Å². The number of fused-ring (bicyclic) bond motifs is 2. The molecule has 7 heteroatoms. The van der Waals surface area contributed by atoms with Gasteiger partial charge in [-0.3, -0.25) is 9.59 Å². The summed E-state index contributed by atoms with van der Waals surface area (Å²) < 4.78 is 0. The summed E-state index contributed by atoms with van der Waals surface area (Å²) >= 11 is 0. The minimum absolute atomic E-state index is 0.0422. The number of carbonyl (C=O) groups excluding carboxylic acids is 2. The van der Waals surface area contributed by atoms with Gasteiger partial charge in [-0.05, 0) is 61.9 Å². The highest BCUT2D eigenvalue weighted by atomic mass is 16.2. The molecule has 0 unspecified atom stereocenters. The van der Waals surface area contributed by atoms with Crippen molar-refractivity contribution in [2.45, 2.75) is 13.8 Å². The van der Waals surface area contributed by atoms with Gasteiger partial charge < -0.3 is 20.3 Å². The molecule has 0 atom stereocenters. The third-order valence-electron chi connectivity index (χ3n) is 6.49. The Morgan fingerprint density at radius 1 is 0.833 bits per heavy atom. The Morgan fingerprint density at radius 2 is 1.67 bits per heavy atom. The zero-order chi connectivity index (χ0) is 24.8. The van der Waals surface area contributed by atoms with E-state index in [4.69, 9.17) is 4.98 Å². The van der Waals surface area contributed by atoms with Crippen LogP contribution in [-0.4, -0.2) is 31.6 Å². The molecule has 0 bridgehead atoms. The molecule has 36 heavy (non-hydrogen) atoms. The Balaban J connectivity index is 1.31. The number of amides is 1. The van der Waals surface area contributed by atoms with E-state index in [0.717, 1.165) is 44.4 Å². The van der Waals surface area contributed by atoms with Crippen LogP contribution in [0.2, 0.25) is 0 Å². The van der Waals surface area contributed by atoms with Crippen LogP contribution in [0.3, 0.4) is 0 Å². The number of benzene rings is 3. The van der Waals surface area contributed by atoms with E-state index in [1.54, 1.807) is 18.2 Å². The van der Waals surface area contributed by atoms with Gasteiger partial charge in [0.05, 0.1) is 11.0 Å². The fourth-order valence-corrected chi connectivity index (χ4v) is 4.68. The number of aryl methyl sites for hydroxylation is 1. The van der Waals surface area contributed by atoms with Gasteiger partial charge in [0, 0.05) is 45.2 Å². The highest BCUT2D eigenvalue weighted by Crippen LogP contribution is 2.30. The molecule has 0 spiro atoms. The van der Waals surface area contributed by atoms with Crippen molar-refractivity contribution in [3.05, 3.63) is 107 Å². The van der Waals surface area contributed by atoms with Gasteiger partial charge in [0.15, 0.2) is 5.78 Å². The van der Waals surface area contributed by atoms with E-state index < -0.39 is 0 Å². The topological polar surface area (TPSA) is 106 Å². The second-order valence-electron chi connectivity index (χ2n) is 8.87. The minimum Gasteiger partial charge on any atom is -0.361 e. The highest BCUT2D eigenvalue weighted by molar-refractivity contribution is 6.10. The standard InChI is InChI=1S/C29H23N5O2/c1-16-25(17(2)31-26(16)29(36)32-21-9-11-22-19(14-21)12-13-30-22)28-33-23-10-8-20(15-24(23)34-28)27(35)18-6-4-3-5-7-18/h3-15,30-31H,1-2H3,(H,32,36)(H,33,34). The number of nitrogens with one attached hydrogen (secondary N) is 4. The van der Waals surface area contributed by atoms with Crippen molar-refractivity contribution in [1.82, 2.24) is 19.9 Å². The van der Waals surface area contributed by atoms with E-state index in [1.807, 2.05) is 74.6 Å². The van der Waals surface area contributed by atoms with Crippen LogP contribution in [0, 0.1) is 13.8 Å². The van der Waals surface area contributed by atoms with Gasteiger partial charge in [-0.25, -0.2) is 4.98 Å². The molecular weight excluding hydrogens is 450 g/mol. The van der Waals surface area contributed by atoms with Crippen LogP contribution >= 0.6 is 0 Å². The minimum atomic E-state index is -0.219. The van der Waals surface area contributed by atoms with Crippen LogP contribution in [0.25, 0.3) is 33.3 Å². The number of H-pyrrole nitrogens is 3. The number of imidazole rings is 1. The number of aromatic nitrogens is 4. The summed E-state index contributed by atoms with van der Waals surface area (Å²) in [6.45, 7) is 3.82. The SMILES string of the molecule is Cc1[nH]c(C(=O)Nc2ccc3[nH]ccc3c2)c(C)c1-c1nc2ccc(C(=O)c3ccccc3)cc2[nH]1. The van der Waals surface area contributed by atoms with Gasteiger partial charge in [0.25, 0.3) is 5.91 Å². The molecule has 6 aromatic rings. The van der Waals surface area contributed by atoms with Crippen molar-refractivity contribution in [1.29, 1.82) is 0 Å². The molecule has 1 amide bonds. The molecule has 0 radical (unpaired) electrons. The molecule has 0 saturated heterocycles. The quantitative estimate of drug-likeness (QED) is 0.226. The first kappa shape index (κ1) is 21.6. The summed E-state index contributed by atoms with van der Waals surface area (Å²) in [6.07, 6.45) is 1.87. The zero-order valence-corrected chi connectivity index (χ0v) is 19.8. The van der Waals surface area contributed by atoms with Crippen LogP contribution in [0.1, 0.15) is 37.7 Å². The molecular formula is C29H23N5O2. The van der Waals surface area contributed by atoms with Crippen molar-refractivity contribution in [3.63, 3.8) is 0 Å². The fourth-order valence-electron chi connectivity index (χ4n) is 4.68. The number of carbonyl (C=O) groups is 2. The monoisotopic (exact) mass is 473 g/mol. The first-order valence-corrected chi connectivity index (χ1v) is 11.7. The molecule has 0 fully saturated rings. The van der Waals surface area contributed by atoms with Gasteiger partial charge in [0.1, 0.15) is 11.5 Å². The van der Waals surface area contributed by atoms with Crippen molar-refractivity contribution in [2.24, 2.45) is 0 Å². The van der Waals surface area contributed by atoms with Crippen molar-refractivity contribution >= 4 is 39.3 Å². The van der Waals surface area contributed by atoms with Crippen LogP contribution in [0.5, 0.6) is 0 Å². The molecule has 4 N–H and O–H groups in total. The maximum atomic E-state index is 13.1. The van der Waals surface area contributed by atoms with E-state index in [0.29, 0.717) is 22.6 Å². The normalized spacial score (nSPS) is 11.3. The Labute approximate surface area is 206 Å². The van der Waals surface area contributed by atoms with E-state index in [1.165, 1.54) is 0 Å². The molecule has 6 rings (SSSR count). The molecule has 3 heterocycles. The van der Waals surface area contributed by atoms with Crippen LogP contribution in [0.4, 0.5) is 5.69 Å². The van der Waals surface area contributed by atoms with E-state index >= 15 is 0 Å². The van der Waals surface area contributed by atoms with E-state index in [9.17, 15) is 9.59 Å². The maximum absolute atomic E-state index is 13.1. The van der Waals surface area contributed by atoms with Gasteiger partial charge in [-0.15, -0.1) is 0 Å². The smallest absolute Gasteiger partial charge is 0.272 e. The summed E-state index contributed by atoms with van der Waals surface area (Å²) in [4.78, 5) is 40.4. The lowest BCUT2D eigenvalue weighted by molar-refractivity contribution is 0.101. The van der Waals surface area contributed by atoms with Gasteiger partial charge in [0.2, 0.25) is 0 Å². The number of aromatic amines is 3. The Hall–Kier alpha value is -4.91. The summed E-state index contributed by atoms with van der Waals surface area (Å²) in [5.41, 5.74) is 7.43. The number of rotatable bonds is 5. The van der Waals surface area contributed by atoms with Crippen molar-refractivity contribution < 1.29 is 9.59 Å². The lowest BCUT2D eigenvalue weighted by Gasteiger charge is -2.05. The molecule has 3 aromatic carbocycles. The maximum Gasteiger partial charge on any atom is 0.272 e. The third-order valence-corrected chi connectivity index (χ3v) is 6.49. The molecule has 0 aliphatic rings. The van der Waals surface area contributed by atoms with Gasteiger partial charge in [-0.1, -0.05) is 30.3 Å². The third kappa shape index (κ3) is 3.67. The Kier molecular flexibility index (Phi) is 5.04. The first-order valence-electron chi connectivity index (χ1n) is 11.7. The Morgan fingerprint density at radius 3 is 2.50 bits per heavy atom. The second-order valence-corrected chi connectivity index (χ2v) is 8.87. The number of ketones is 1. The second kappa shape index (κ2) is 8.39. The molecule has 0 aliphatic heterocycles. The van der Waals surface area contributed by atoms with Gasteiger partial charge >= 0.3 is 0 Å². The summed E-state index contributed by atoms with van der Waals surface area (Å²) in [7, 11) is 0. The highest BCUT2D eigenvalue weighted by Gasteiger charge is 2.21.